The van der Waals surface area contributed by atoms with E-state index >= 15 is 0 Å². The lowest BCUT2D eigenvalue weighted by Crippen LogP contribution is -2.40. The number of aromatic nitrogens is 1. The number of hydrogen-bond donors (Lipinski definition) is 2. The molecule has 1 heterocycles. The number of alkyl halides is 2. The molecule has 2 aromatic rings. The maximum Gasteiger partial charge on any atom is 0.323 e. The Balaban J connectivity index is 2.03. The van der Waals surface area contributed by atoms with Crippen LogP contribution >= 0.6 is 0 Å². The third-order valence-corrected chi connectivity index (χ3v) is 2.82. The van der Waals surface area contributed by atoms with Gasteiger partial charge in [0.1, 0.15) is 0 Å². The topological polar surface area (TPSA) is 78.6 Å². The molecule has 0 aliphatic rings. The van der Waals surface area contributed by atoms with Crippen LogP contribution in [-0.2, 0) is 0 Å². The molecule has 0 radical (unpaired) electrons. The number of urea groups is 1. The Morgan fingerprint density at radius 1 is 1.36 bits per heavy atom. The van der Waals surface area contributed by atoms with Crippen LogP contribution in [0, 0.1) is 0 Å². The van der Waals surface area contributed by atoms with Gasteiger partial charge in [-0.05, 0) is 0 Å². The van der Waals surface area contributed by atoms with Crippen LogP contribution < -0.4 is 5.32 Å². The molecule has 0 unspecified atom stereocenters. The number of aliphatic hydroxyl groups is 1. The van der Waals surface area contributed by atoms with Gasteiger partial charge in [-0.2, -0.15) is 0 Å². The first-order chi connectivity index (χ1) is 10.6. The summed E-state index contributed by atoms with van der Waals surface area (Å²) in [4.78, 5) is 12.7. The van der Waals surface area contributed by atoms with Crippen molar-refractivity contribution in [3.63, 3.8) is 0 Å². The van der Waals surface area contributed by atoms with Gasteiger partial charge in [0, 0.05) is 18.2 Å². The van der Waals surface area contributed by atoms with Gasteiger partial charge in [0.2, 0.25) is 0 Å². The molecular formula is C14H15F2N3O3. The number of nitrogens with zero attached hydrogens (tertiary/aromatic N) is 2. The van der Waals surface area contributed by atoms with Gasteiger partial charge in [-0.25, -0.2) is 13.6 Å². The van der Waals surface area contributed by atoms with Crippen LogP contribution in [0.15, 0.2) is 40.9 Å². The fraction of sp³-hybridized carbons (Fsp3) is 0.286. The maximum absolute atomic E-state index is 12.4. The van der Waals surface area contributed by atoms with E-state index in [1.807, 2.05) is 18.2 Å². The monoisotopic (exact) mass is 311 g/mol. The molecular weight excluding hydrogens is 296 g/mol. The third-order valence-electron chi connectivity index (χ3n) is 2.82. The normalized spacial score (nSPS) is 10.7. The summed E-state index contributed by atoms with van der Waals surface area (Å²) in [6.07, 6.45) is -2.69. The first kappa shape index (κ1) is 15.9. The Labute approximate surface area is 125 Å². The molecule has 0 aliphatic heterocycles. The molecule has 22 heavy (non-hydrogen) atoms. The molecule has 0 saturated heterocycles. The minimum absolute atomic E-state index is 0.112. The van der Waals surface area contributed by atoms with Gasteiger partial charge in [0.15, 0.2) is 11.6 Å². The molecule has 8 heteroatoms. The molecule has 0 aliphatic carbocycles. The van der Waals surface area contributed by atoms with Gasteiger partial charge < -0.3 is 14.5 Å². The summed E-state index contributed by atoms with van der Waals surface area (Å²) in [5, 5.41) is 14.8. The summed E-state index contributed by atoms with van der Waals surface area (Å²) in [5.74, 6) is 0.555. The summed E-state index contributed by atoms with van der Waals surface area (Å²) >= 11 is 0. The van der Waals surface area contributed by atoms with Crippen LogP contribution in [0.1, 0.15) is 0 Å². The van der Waals surface area contributed by atoms with Crippen LogP contribution in [0.25, 0.3) is 11.3 Å². The summed E-state index contributed by atoms with van der Waals surface area (Å²) in [6.45, 7) is -1.37. The Morgan fingerprint density at radius 2 is 2.09 bits per heavy atom. The minimum Gasteiger partial charge on any atom is -0.395 e. The van der Waals surface area contributed by atoms with Gasteiger partial charge in [-0.15, -0.1) is 0 Å². The average molecular weight is 311 g/mol. The van der Waals surface area contributed by atoms with Crippen molar-refractivity contribution in [1.29, 1.82) is 0 Å². The van der Waals surface area contributed by atoms with Crippen molar-refractivity contribution in [1.82, 2.24) is 10.1 Å². The standard InChI is InChI=1S/C14H15F2N3O3/c15-12(16)9-19(6-7-20)14(21)17-13-8-11(22-18-13)10-4-2-1-3-5-10/h1-5,8,12,20H,6-7,9H2,(H,17,18,21). The smallest absolute Gasteiger partial charge is 0.323 e. The predicted octanol–water partition coefficient (Wildman–Crippen LogP) is 2.43. The van der Waals surface area contributed by atoms with Crippen molar-refractivity contribution in [2.75, 3.05) is 25.0 Å². The predicted molar refractivity (Wildman–Crippen MR) is 75.6 cm³/mol. The first-order valence-corrected chi connectivity index (χ1v) is 6.57. The molecule has 0 bridgehead atoms. The molecule has 118 valence electrons. The summed E-state index contributed by atoms with van der Waals surface area (Å²) < 4.78 is 29.9. The lowest BCUT2D eigenvalue weighted by Gasteiger charge is -2.20. The zero-order valence-electron chi connectivity index (χ0n) is 11.6. The van der Waals surface area contributed by atoms with E-state index in [-0.39, 0.29) is 12.4 Å². The SMILES string of the molecule is O=C(Nc1cc(-c2ccccc2)on1)N(CCO)CC(F)F. The van der Waals surface area contributed by atoms with Crippen LogP contribution in [0.4, 0.5) is 19.4 Å². The number of aliphatic hydroxyl groups excluding tert-OH is 1. The number of anilines is 1. The summed E-state index contributed by atoms with van der Waals surface area (Å²) in [5.41, 5.74) is 0.773. The van der Waals surface area contributed by atoms with Gasteiger partial charge in [0.05, 0.1) is 13.2 Å². The molecule has 0 spiro atoms. The first-order valence-electron chi connectivity index (χ1n) is 6.57. The number of halogens is 2. The molecule has 2 N–H and O–H groups in total. The van der Waals surface area contributed by atoms with Crippen molar-refractivity contribution in [3.05, 3.63) is 36.4 Å². The van der Waals surface area contributed by atoms with E-state index in [0.717, 1.165) is 10.5 Å². The van der Waals surface area contributed by atoms with Crippen LogP contribution in [0.3, 0.4) is 0 Å². The fourth-order valence-corrected chi connectivity index (χ4v) is 1.82. The highest BCUT2D eigenvalue weighted by molar-refractivity contribution is 5.88. The van der Waals surface area contributed by atoms with Crippen molar-refractivity contribution < 1.29 is 23.2 Å². The van der Waals surface area contributed by atoms with Crippen LogP contribution in [0.5, 0.6) is 0 Å². The quantitative estimate of drug-likeness (QED) is 0.859. The van der Waals surface area contributed by atoms with E-state index in [0.29, 0.717) is 5.76 Å². The Hall–Kier alpha value is -2.48. The van der Waals surface area contributed by atoms with Crippen LogP contribution in [0.2, 0.25) is 0 Å². The number of hydrogen-bond acceptors (Lipinski definition) is 4. The summed E-state index contributed by atoms with van der Waals surface area (Å²) in [7, 11) is 0. The lowest BCUT2D eigenvalue weighted by atomic mass is 10.2. The Morgan fingerprint density at radius 3 is 2.73 bits per heavy atom. The zero-order valence-corrected chi connectivity index (χ0v) is 11.6. The van der Waals surface area contributed by atoms with Gasteiger partial charge in [0.25, 0.3) is 6.43 Å². The Kier molecular flexibility index (Phi) is 5.42. The van der Waals surface area contributed by atoms with Crippen LogP contribution in [-0.4, -0.2) is 47.3 Å². The van der Waals surface area contributed by atoms with E-state index in [1.165, 1.54) is 6.07 Å². The summed E-state index contributed by atoms with van der Waals surface area (Å²) in [6, 6.07) is 9.82. The number of carbonyl (C=O) groups excluding carboxylic acids is 1. The highest BCUT2D eigenvalue weighted by Crippen LogP contribution is 2.22. The molecule has 0 atom stereocenters. The van der Waals surface area contributed by atoms with Crippen molar-refractivity contribution in [3.8, 4) is 11.3 Å². The number of rotatable bonds is 6. The second kappa shape index (κ2) is 7.51. The molecule has 1 aromatic heterocycles. The molecule has 1 aromatic carbocycles. The molecule has 2 amide bonds. The van der Waals surface area contributed by atoms with E-state index in [2.05, 4.69) is 10.5 Å². The largest absolute Gasteiger partial charge is 0.395 e. The van der Waals surface area contributed by atoms with E-state index < -0.39 is 25.6 Å². The fourth-order valence-electron chi connectivity index (χ4n) is 1.82. The molecule has 2 rings (SSSR count). The molecule has 6 nitrogen and oxygen atoms in total. The van der Waals surface area contributed by atoms with Crippen molar-refractivity contribution in [2.45, 2.75) is 6.43 Å². The van der Waals surface area contributed by atoms with Gasteiger partial charge in [-0.1, -0.05) is 35.5 Å². The second-order valence-electron chi connectivity index (χ2n) is 4.43. The molecule has 0 fully saturated rings. The van der Waals surface area contributed by atoms with E-state index in [9.17, 15) is 13.6 Å². The molecule has 0 saturated carbocycles. The van der Waals surface area contributed by atoms with E-state index in [4.69, 9.17) is 9.63 Å². The highest BCUT2D eigenvalue weighted by atomic mass is 19.3. The number of benzene rings is 1. The number of nitrogens with one attached hydrogen (secondary N) is 1. The third kappa shape index (κ3) is 4.26. The highest BCUT2D eigenvalue weighted by Gasteiger charge is 2.19. The van der Waals surface area contributed by atoms with Gasteiger partial charge >= 0.3 is 6.03 Å². The zero-order chi connectivity index (χ0) is 15.9. The average Bonchev–Trinajstić information content (AvgIpc) is 2.96. The number of carbonyl (C=O) groups is 1. The van der Waals surface area contributed by atoms with E-state index in [1.54, 1.807) is 12.1 Å². The second-order valence-corrected chi connectivity index (χ2v) is 4.43. The Bertz CT molecular complexity index is 604. The minimum atomic E-state index is -2.69. The number of amides is 2. The lowest BCUT2D eigenvalue weighted by molar-refractivity contribution is 0.0942. The maximum atomic E-state index is 12.4. The van der Waals surface area contributed by atoms with Crippen molar-refractivity contribution >= 4 is 11.8 Å². The van der Waals surface area contributed by atoms with Crippen molar-refractivity contribution in [2.24, 2.45) is 0 Å². The van der Waals surface area contributed by atoms with Gasteiger partial charge in [-0.3, -0.25) is 5.32 Å².